The molecule has 4 nitrogen and oxygen atoms in total. The molecule has 21 heavy (non-hydrogen) atoms. The van der Waals surface area contributed by atoms with Crippen molar-refractivity contribution in [1.29, 1.82) is 0 Å². The molecular weight excluding hydrogens is 350 g/mol. The zero-order chi connectivity index (χ0) is 15.0. The Morgan fingerprint density at radius 3 is 2.81 bits per heavy atom. The van der Waals surface area contributed by atoms with Crippen LogP contribution in [0.5, 0.6) is 5.75 Å². The quantitative estimate of drug-likeness (QED) is 0.759. The molecule has 2 aromatic heterocycles. The molecule has 0 amide bonds. The van der Waals surface area contributed by atoms with Gasteiger partial charge < -0.3 is 10.5 Å². The maximum atomic E-state index is 6.22. The molecule has 0 aliphatic carbocycles. The van der Waals surface area contributed by atoms with Gasteiger partial charge in [0, 0.05) is 23.0 Å². The summed E-state index contributed by atoms with van der Waals surface area (Å²) in [5.74, 6) is 1.48. The second kappa shape index (κ2) is 5.54. The van der Waals surface area contributed by atoms with Gasteiger partial charge in [0.2, 0.25) is 0 Å². The molecule has 0 unspecified atom stereocenters. The van der Waals surface area contributed by atoms with Gasteiger partial charge in [-0.05, 0) is 17.7 Å². The second-order valence-electron chi connectivity index (χ2n) is 4.59. The Bertz CT molecular complexity index is 794. The fourth-order valence-electron chi connectivity index (χ4n) is 2.19. The van der Waals surface area contributed by atoms with Crippen LogP contribution in [-0.4, -0.2) is 16.9 Å². The van der Waals surface area contributed by atoms with Gasteiger partial charge in [-0.15, -0.1) is 11.3 Å². The van der Waals surface area contributed by atoms with Gasteiger partial charge in [-0.2, -0.15) is 5.10 Å². The lowest BCUT2D eigenvalue weighted by atomic mass is 10.0. The number of methoxy groups -OCH3 is 1. The number of anilines is 1. The number of thiophene rings is 1. The Kier molecular flexibility index (Phi) is 3.73. The van der Waals surface area contributed by atoms with Crippen molar-refractivity contribution in [2.75, 3.05) is 12.8 Å². The van der Waals surface area contributed by atoms with Crippen molar-refractivity contribution < 1.29 is 4.74 Å². The first-order valence-electron chi connectivity index (χ1n) is 6.31. The highest BCUT2D eigenvalue weighted by atomic mass is 79.9. The number of aryl methyl sites for hydroxylation is 1. The molecule has 0 radical (unpaired) electrons. The molecule has 0 aliphatic rings. The van der Waals surface area contributed by atoms with E-state index in [4.69, 9.17) is 10.5 Å². The van der Waals surface area contributed by atoms with E-state index in [1.54, 1.807) is 23.1 Å². The zero-order valence-corrected chi connectivity index (χ0v) is 14.0. The number of hydrogen-bond acceptors (Lipinski definition) is 4. The molecule has 3 rings (SSSR count). The molecule has 0 atom stereocenters. The molecule has 2 heterocycles. The average molecular weight is 364 g/mol. The molecule has 6 heteroatoms. The fourth-order valence-corrected chi connectivity index (χ4v) is 3.43. The normalized spacial score (nSPS) is 10.8. The van der Waals surface area contributed by atoms with E-state index < -0.39 is 0 Å². The van der Waals surface area contributed by atoms with Crippen LogP contribution in [0.25, 0.3) is 21.7 Å². The first-order chi connectivity index (χ1) is 10.1. The number of nitrogens with zero attached hydrogens (tertiary/aromatic N) is 2. The first kappa shape index (κ1) is 14.2. The molecule has 1 aromatic carbocycles. The van der Waals surface area contributed by atoms with Crippen LogP contribution < -0.4 is 10.5 Å². The van der Waals surface area contributed by atoms with Gasteiger partial charge in [0.15, 0.2) is 0 Å². The van der Waals surface area contributed by atoms with E-state index in [0.717, 1.165) is 31.9 Å². The minimum Gasteiger partial charge on any atom is -0.496 e. The van der Waals surface area contributed by atoms with E-state index >= 15 is 0 Å². The molecule has 0 saturated heterocycles. The molecule has 3 aromatic rings. The number of ether oxygens (including phenoxy) is 1. The van der Waals surface area contributed by atoms with Gasteiger partial charge in [0.25, 0.3) is 0 Å². The molecule has 0 bridgehead atoms. The number of rotatable bonds is 3. The first-order valence-corrected chi connectivity index (χ1v) is 7.98. The van der Waals surface area contributed by atoms with E-state index in [9.17, 15) is 0 Å². The lowest BCUT2D eigenvalue weighted by Gasteiger charge is -2.03. The number of nitrogens with two attached hydrogens (primary N) is 1. The molecule has 0 spiro atoms. The topological polar surface area (TPSA) is 53.1 Å². The van der Waals surface area contributed by atoms with Crippen LogP contribution in [0.15, 0.2) is 40.2 Å². The van der Waals surface area contributed by atoms with Crippen molar-refractivity contribution in [2.45, 2.75) is 0 Å². The summed E-state index contributed by atoms with van der Waals surface area (Å²) < 4.78 is 7.97. The van der Waals surface area contributed by atoms with Crippen LogP contribution in [0.4, 0.5) is 5.82 Å². The van der Waals surface area contributed by atoms with Crippen LogP contribution in [-0.2, 0) is 7.05 Å². The van der Waals surface area contributed by atoms with Crippen LogP contribution in [0.2, 0.25) is 0 Å². The molecule has 108 valence electrons. The Balaban J connectivity index is 2.20. The SMILES string of the molecule is COc1csc(-c2nn(C)c(N)c2-c2cccc(Br)c2)c1. The summed E-state index contributed by atoms with van der Waals surface area (Å²) in [6.07, 6.45) is 0. The van der Waals surface area contributed by atoms with Gasteiger partial charge in [0.1, 0.15) is 17.3 Å². The van der Waals surface area contributed by atoms with Crippen LogP contribution in [0, 0.1) is 0 Å². The minimum atomic E-state index is 0.649. The molecular formula is C15H14BrN3OS. The molecule has 0 saturated carbocycles. The van der Waals surface area contributed by atoms with Crippen LogP contribution >= 0.6 is 27.3 Å². The number of halogens is 1. The standard InChI is InChI=1S/C15H14BrN3OS/c1-19-15(17)13(9-4-3-5-10(16)6-9)14(18-19)12-7-11(20-2)8-21-12/h3-8H,17H2,1-2H3. The van der Waals surface area contributed by atoms with Crippen molar-refractivity contribution in [3.8, 4) is 27.4 Å². The second-order valence-corrected chi connectivity index (χ2v) is 6.42. The van der Waals surface area contributed by atoms with Crippen molar-refractivity contribution in [3.05, 3.63) is 40.2 Å². The Morgan fingerprint density at radius 1 is 1.33 bits per heavy atom. The van der Waals surface area contributed by atoms with E-state index in [1.165, 1.54) is 0 Å². The largest absolute Gasteiger partial charge is 0.496 e. The summed E-state index contributed by atoms with van der Waals surface area (Å²) in [5.41, 5.74) is 9.08. The zero-order valence-electron chi connectivity index (χ0n) is 11.6. The maximum Gasteiger partial charge on any atom is 0.130 e. The lowest BCUT2D eigenvalue weighted by Crippen LogP contribution is -1.97. The monoisotopic (exact) mass is 363 g/mol. The maximum absolute atomic E-state index is 6.22. The summed E-state index contributed by atoms with van der Waals surface area (Å²) in [4.78, 5) is 1.04. The lowest BCUT2D eigenvalue weighted by molar-refractivity contribution is 0.417. The predicted molar refractivity (Wildman–Crippen MR) is 90.6 cm³/mol. The average Bonchev–Trinajstić information content (AvgIpc) is 3.05. The predicted octanol–water partition coefficient (Wildman–Crippen LogP) is 4.17. The summed E-state index contributed by atoms with van der Waals surface area (Å²) in [5, 5.41) is 6.53. The highest BCUT2D eigenvalue weighted by molar-refractivity contribution is 9.10. The molecule has 2 N–H and O–H groups in total. The van der Waals surface area contributed by atoms with Gasteiger partial charge >= 0.3 is 0 Å². The van der Waals surface area contributed by atoms with Crippen molar-refractivity contribution in [2.24, 2.45) is 7.05 Å². The van der Waals surface area contributed by atoms with Gasteiger partial charge in [0.05, 0.1) is 17.6 Å². The third-order valence-electron chi connectivity index (χ3n) is 3.25. The number of benzene rings is 1. The van der Waals surface area contributed by atoms with Crippen molar-refractivity contribution in [3.63, 3.8) is 0 Å². The van der Waals surface area contributed by atoms with Crippen LogP contribution in [0.1, 0.15) is 0 Å². The van der Waals surface area contributed by atoms with Gasteiger partial charge in [-0.1, -0.05) is 28.1 Å². The van der Waals surface area contributed by atoms with E-state index in [1.807, 2.05) is 42.8 Å². The summed E-state index contributed by atoms with van der Waals surface area (Å²) >= 11 is 5.10. The van der Waals surface area contributed by atoms with Crippen molar-refractivity contribution >= 4 is 33.1 Å². The highest BCUT2D eigenvalue weighted by Crippen LogP contribution is 2.40. The molecule has 0 fully saturated rings. The summed E-state index contributed by atoms with van der Waals surface area (Å²) in [7, 11) is 3.51. The Hall–Kier alpha value is -1.79. The van der Waals surface area contributed by atoms with E-state index in [-0.39, 0.29) is 0 Å². The number of hydrogen-bond donors (Lipinski definition) is 1. The third kappa shape index (κ3) is 2.56. The van der Waals surface area contributed by atoms with Gasteiger partial charge in [-0.3, -0.25) is 4.68 Å². The molecule has 0 aliphatic heterocycles. The Labute approximate surface area is 135 Å². The smallest absolute Gasteiger partial charge is 0.130 e. The summed E-state index contributed by atoms with van der Waals surface area (Å²) in [6, 6.07) is 10.0. The number of nitrogen functional groups attached to an aromatic ring is 1. The third-order valence-corrected chi connectivity index (χ3v) is 4.66. The highest BCUT2D eigenvalue weighted by Gasteiger charge is 2.19. The van der Waals surface area contributed by atoms with Crippen LogP contribution in [0.3, 0.4) is 0 Å². The summed E-state index contributed by atoms with van der Waals surface area (Å²) in [6.45, 7) is 0. The Morgan fingerprint density at radius 2 is 2.14 bits per heavy atom. The van der Waals surface area contributed by atoms with Gasteiger partial charge in [-0.25, -0.2) is 0 Å². The fraction of sp³-hybridized carbons (Fsp3) is 0.133. The minimum absolute atomic E-state index is 0.649. The number of aromatic nitrogens is 2. The van der Waals surface area contributed by atoms with E-state index in [2.05, 4.69) is 21.0 Å². The van der Waals surface area contributed by atoms with Crippen molar-refractivity contribution in [1.82, 2.24) is 9.78 Å². The van der Waals surface area contributed by atoms with E-state index in [0.29, 0.717) is 5.82 Å².